The molecule has 20 heavy (non-hydrogen) atoms. The zero-order valence-electron chi connectivity index (χ0n) is 12.5. The molecule has 1 aliphatic rings. The number of rotatable bonds is 6. The van der Waals surface area contributed by atoms with Crippen molar-refractivity contribution in [2.24, 2.45) is 0 Å². The van der Waals surface area contributed by atoms with Crippen LogP contribution in [0.15, 0.2) is 0 Å². The second-order valence-electron chi connectivity index (χ2n) is 5.22. The molecule has 0 aliphatic carbocycles. The van der Waals surface area contributed by atoms with Gasteiger partial charge in [-0.1, -0.05) is 13.3 Å². The smallest absolute Gasteiger partial charge is 0.409 e. The lowest BCUT2D eigenvalue weighted by Crippen LogP contribution is -2.50. The van der Waals surface area contributed by atoms with E-state index in [9.17, 15) is 13.2 Å². The van der Waals surface area contributed by atoms with Gasteiger partial charge in [-0.15, -0.1) is 0 Å². The van der Waals surface area contributed by atoms with E-state index in [2.05, 4.69) is 6.92 Å². The maximum absolute atomic E-state index is 12.0. The number of amides is 1. The Balaban J connectivity index is 2.67. The van der Waals surface area contributed by atoms with Crippen LogP contribution >= 0.6 is 0 Å². The Bertz CT molecular complexity index is 407. The Labute approximate surface area is 121 Å². The van der Waals surface area contributed by atoms with Gasteiger partial charge in [0.1, 0.15) is 0 Å². The predicted molar refractivity (Wildman–Crippen MR) is 76.0 cm³/mol. The number of nitrogens with zero attached hydrogens (tertiary/aromatic N) is 1. The van der Waals surface area contributed by atoms with Gasteiger partial charge in [0.15, 0.2) is 0 Å². The molecular weight excluding hydrogens is 282 g/mol. The molecule has 6 nitrogen and oxygen atoms in total. The van der Waals surface area contributed by atoms with Gasteiger partial charge in [0.25, 0.3) is 10.1 Å². The molecule has 0 radical (unpaired) electrons. The molecule has 0 aromatic carbocycles. The number of carbonyl (C=O) groups is 1. The molecule has 0 unspecified atom stereocenters. The first-order valence-corrected chi connectivity index (χ1v) is 8.91. The number of hydrogen-bond donors (Lipinski definition) is 0. The first-order valence-electron chi connectivity index (χ1n) is 7.09. The Morgan fingerprint density at radius 3 is 2.35 bits per heavy atom. The van der Waals surface area contributed by atoms with Crippen LogP contribution in [-0.2, 0) is 19.0 Å². The van der Waals surface area contributed by atoms with Crippen LogP contribution in [-0.4, -0.2) is 51.5 Å². The summed E-state index contributed by atoms with van der Waals surface area (Å²) in [6.45, 7) is 2.20. The molecule has 118 valence electrons. The van der Waals surface area contributed by atoms with Crippen LogP contribution in [0, 0.1) is 0 Å². The molecule has 1 aliphatic heterocycles. The van der Waals surface area contributed by atoms with Crippen molar-refractivity contribution in [3.05, 3.63) is 0 Å². The molecule has 1 fully saturated rings. The molecule has 0 aromatic heterocycles. The van der Waals surface area contributed by atoms with Crippen molar-refractivity contribution in [3.8, 4) is 0 Å². The van der Waals surface area contributed by atoms with Crippen molar-refractivity contribution in [1.82, 2.24) is 4.90 Å². The minimum atomic E-state index is -3.43. The molecule has 1 heterocycles. The quantitative estimate of drug-likeness (QED) is 0.703. The lowest BCUT2D eigenvalue weighted by Gasteiger charge is -2.41. The standard InChI is InChI=1S/C13H25NO5S/c1-4-6-11-7-5-8-12(14(11)13(15)18-2)9-10-19-20(3,16)17/h11-12H,4-10H2,1-3H3/t11-,12-/m0/s1. The average Bonchev–Trinajstić information content (AvgIpc) is 2.37. The Morgan fingerprint density at radius 1 is 1.25 bits per heavy atom. The van der Waals surface area contributed by atoms with E-state index in [1.807, 2.05) is 0 Å². The molecule has 2 atom stereocenters. The second-order valence-corrected chi connectivity index (χ2v) is 6.86. The number of methoxy groups -OCH3 is 1. The van der Waals surface area contributed by atoms with Gasteiger partial charge >= 0.3 is 6.09 Å². The van der Waals surface area contributed by atoms with Gasteiger partial charge in [-0.25, -0.2) is 4.79 Å². The molecule has 1 saturated heterocycles. The molecule has 0 N–H and O–H groups in total. The lowest BCUT2D eigenvalue weighted by atomic mass is 9.92. The zero-order valence-corrected chi connectivity index (χ0v) is 13.3. The van der Waals surface area contributed by atoms with E-state index in [-0.39, 0.29) is 24.8 Å². The fourth-order valence-corrected chi connectivity index (χ4v) is 3.20. The van der Waals surface area contributed by atoms with Crippen molar-refractivity contribution >= 4 is 16.2 Å². The second kappa shape index (κ2) is 7.83. The fourth-order valence-electron chi connectivity index (χ4n) is 2.80. The molecular formula is C13H25NO5S. The van der Waals surface area contributed by atoms with Gasteiger partial charge in [-0.05, 0) is 32.1 Å². The van der Waals surface area contributed by atoms with Crippen molar-refractivity contribution < 1.29 is 22.1 Å². The third kappa shape index (κ3) is 5.28. The highest BCUT2D eigenvalue weighted by atomic mass is 32.2. The Kier molecular flexibility index (Phi) is 6.75. The molecule has 0 aromatic rings. The zero-order chi connectivity index (χ0) is 15.2. The Morgan fingerprint density at radius 2 is 1.85 bits per heavy atom. The van der Waals surface area contributed by atoms with Crippen LogP contribution < -0.4 is 0 Å². The van der Waals surface area contributed by atoms with Crippen molar-refractivity contribution in [2.45, 2.75) is 57.5 Å². The third-order valence-corrected chi connectivity index (χ3v) is 4.21. The first-order chi connectivity index (χ1) is 9.39. The van der Waals surface area contributed by atoms with E-state index in [1.165, 1.54) is 7.11 Å². The monoisotopic (exact) mass is 307 g/mol. The highest BCUT2D eigenvalue weighted by Gasteiger charge is 2.34. The summed E-state index contributed by atoms with van der Waals surface area (Å²) in [7, 11) is -2.05. The van der Waals surface area contributed by atoms with E-state index >= 15 is 0 Å². The maximum atomic E-state index is 12.0. The number of carbonyl (C=O) groups excluding carboxylic acids is 1. The predicted octanol–water partition coefficient (Wildman–Crippen LogP) is 2.14. The molecule has 0 bridgehead atoms. The summed E-state index contributed by atoms with van der Waals surface area (Å²) >= 11 is 0. The van der Waals surface area contributed by atoms with Crippen LogP contribution in [0.2, 0.25) is 0 Å². The van der Waals surface area contributed by atoms with E-state index < -0.39 is 10.1 Å². The van der Waals surface area contributed by atoms with Gasteiger partial charge in [0.2, 0.25) is 0 Å². The van der Waals surface area contributed by atoms with E-state index in [0.29, 0.717) is 6.42 Å². The van der Waals surface area contributed by atoms with Gasteiger partial charge in [0.05, 0.1) is 20.0 Å². The third-order valence-electron chi connectivity index (χ3n) is 3.62. The maximum Gasteiger partial charge on any atom is 0.409 e. The van der Waals surface area contributed by atoms with Gasteiger partial charge in [0, 0.05) is 12.1 Å². The summed E-state index contributed by atoms with van der Waals surface area (Å²) in [5.41, 5.74) is 0. The largest absolute Gasteiger partial charge is 0.453 e. The van der Waals surface area contributed by atoms with Crippen LogP contribution in [0.1, 0.15) is 45.4 Å². The molecule has 1 amide bonds. The van der Waals surface area contributed by atoms with Crippen LogP contribution in [0.4, 0.5) is 4.79 Å². The van der Waals surface area contributed by atoms with Crippen LogP contribution in [0.3, 0.4) is 0 Å². The summed E-state index contributed by atoms with van der Waals surface area (Å²) in [6, 6.07) is 0.180. The Hall–Kier alpha value is -0.820. The molecule has 7 heteroatoms. The molecule has 0 saturated carbocycles. The van der Waals surface area contributed by atoms with Gasteiger partial charge < -0.3 is 9.64 Å². The molecule has 0 spiro atoms. The lowest BCUT2D eigenvalue weighted by molar-refractivity contribution is 0.0480. The van der Waals surface area contributed by atoms with Crippen molar-refractivity contribution in [3.63, 3.8) is 0 Å². The SMILES string of the molecule is CCC[C@H]1CCC[C@@H](CCOS(C)(=O)=O)N1C(=O)OC. The van der Waals surface area contributed by atoms with E-state index in [4.69, 9.17) is 8.92 Å². The number of ether oxygens (including phenoxy) is 1. The summed E-state index contributed by atoms with van der Waals surface area (Å²) < 4.78 is 31.6. The summed E-state index contributed by atoms with van der Waals surface area (Å²) in [6.07, 6.45) is 6.06. The highest BCUT2D eigenvalue weighted by Crippen LogP contribution is 2.28. The average molecular weight is 307 g/mol. The highest BCUT2D eigenvalue weighted by molar-refractivity contribution is 7.85. The topological polar surface area (TPSA) is 72.9 Å². The minimum absolute atomic E-state index is 0.00509. The van der Waals surface area contributed by atoms with E-state index in [0.717, 1.165) is 38.4 Å². The van der Waals surface area contributed by atoms with Gasteiger partial charge in [-0.3, -0.25) is 4.18 Å². The van der Waals surface area contributed by atoms with E-state index in [1.54, 1.807) is 4.90 Å². The van der Waals surface area contributed by atoms with Crippen molar-refractivity contribution in [2.75, 3.05) is 20.0 Å². The number of likely N-dealkylation sites (tertiary alicyclic amines) is 1. The fraction of sp³-hybridized carbons (Fsp3) is 0.923. The summed E-state index contributed by atoms with van der Waals surface area (Å²) in [5, 5.41) is 0. The number of piperidine rings is 1. The first kappa shape index (κ1) is 17.2. The van der Waals surface area contributed by atoms with Gasteiger partial charge in [-0.2, -0.15) is 8.42 Å². The summed E-state index contributed by atoms with van der Waals surface area (Å²) in [5.74, 6) is 0. The molecule has 1 rings (SSSR count). The van der Waals surface area contributed by atoms with Crippen molar-refractivity contribution in [1.29, 1.82) is 0 Å². The number of hydrogen-bond acceptors (Lipinski definition) is 5. The van der Waals surface area contributed by atoms with Crippen LogP contribution in [0.5, 0.6) is 0 Å². The van der Waals surface area contributed by atoms with Crippen LogP contribution in [0.25, 0.3) is 0 Å². The normalized spacial score (nSPS) is 23.6. The summed E-state index contributed by atoms with van der Waals surface area (Å²) in [4.78, 5) is 13.7. The minimum Gasteiger partial charge on any atom is -0.453 e.